The first-order valence-corrected chi connectivity index (χ1v) is 5.76. The van der Waals surface area contributed by atoms with Gasteiger partial charge in [-0.25, -0.2) is 4.98 Å². The Bertz CT molecular complexity index is 551. The first kappa shape index (κ1) is 11.7. The minimum absolute atomic E-state index is 0.0409. The van der Waals surface area contributed by atoms with E-state index in [9.17, 15) is 0 Å². The topological polar surface area (TPSA) is 50.8 Å². The van der Waals surface area contributed by atoms with E-state index in [-0.39, 0.29) is 10.9 Å². The van der Waals surface area contributed by atoms with E-state index in [1.807, 2.05) is 44.2 Å². The molecule has 0 unspecified atom stereocenters. The highest BCUT2D eigenvalue weighted by atomic mass is 32.1. The molecule has 1 aromatic carbocycles. The maximum absolute atomic E-state index is 5.48. The van der Waals surface area contributed by atoms with Crippen molar-refractivity contribution in [3.05, 3.63) is 35.1 Å². The van der Waals surface area contributed by atoms with Crippen LogP contribution in [-0.2, 0) is 0 Å². The highest BCUT2D eigenvalue weighted by Gasteiger charge is 2.05. The molecule has 0 atom stereocenters. The molecule has 0 saturated heterocycles. The Balaban J connectivity index is 2.42. The van der Waals surface area contributed by atoms with E-state index in [1.165, 1.54) is 0 Å². The molecule has 0 fully saturated rings. The van der Waals surface area contributed by atoms with Gasteiger partial charge in [-0.05, 0) is 26.1 Å². The van der Waals surface area contributed by atoms with Crippen LogP contribution >= 0.6 is 12.2 Å². The summed E-state index contributed by atoms with van der Waals surface area (Å²) < 4.78 is 5.76. The zero-order chi connectivity index (χ0) is 12.3. The van der Waals surface area contributed by atoms with E-state index in [2.05, 4.69) is 15.0 Å². The number of aromatic amines is 1. The van der Waals surface area contributed by atoms with Crippen LogP contribution in [0.4, 0.5) is 0 Å². The van der Waals surface area contributed by atoms with Crippen molar-refractivity contribution in [1.82, 2.24) is 15.0 Å². The largest absolute Gasteiger partial charge is 0.462 e. The summed E-state index contributed by atoms with van der Waals surface area (Å²) in [5.74, 6) is 0.668. The van der Waals surface area contributed by atoms with Gasteiger partial charge < -0.3 is 4.74 Å². The number of rotatable bonds is 3. The lowest BCUT2D eigenvalue weighted by Gasteiger charge is -2.09. The fraction of sp³-hybridized carbons (Fsp3) is 0.250. The van der Waals surface area contributed by atoms with E-state index in [4.69, 9.17) is 17.0 Å². The number of nitrogens with one attached hydrogen (secondary N) is 1. The quantitative estimate of drug-likeness (QED) is 0.847. The summed E-state index contributed by atoms with van der Waals surface area (Å²) in [5.41, 5.74) is 0.953. The van der Waals surface area contributed by atoms with Gasteiger partial charge in [0.2, 0.25) is 4.77 Å². The van der Waals surface area contributed by atoms with Crippen molar-refractivity contribution in [2.45, 2.75) is 20.0 Å². The minimum atomic E-state index is 0.0409. The van der Waals surface area contributed by atoms with Crippen molar-refractivity contribution in [1.29, 1.82) is 0 Å². The number of ether oxygens (including phenoxy) is 1. The molecule has 0 radical (unpaired) electrons. The fourth-order valence-electron chi connectivity index (χ4n) is 1.38. The summed E-state index contributed by atoms with van der Waals surface area (Å²) in [4.78, 5) is 11.2. The molecule has 2 rings (SSSR count). The van der Waals surface area contributed by atoms with Crippen LogP contribution in [0.15, 0.2) is 30.3 Å². The second-order valence-corrected chi connectivity index (χ2v) is 4.18. The third-order valence-electron chi connectivity index (χ3n) is 2.02. The van der Waals surface area contributed by atoms with Gasteiger partial charge in [0.1, 0.15) is 5.82 Å². The Hall–Kier alpha value is -1.75. The highest BCUT2D eigenvalue weighted by molar-refractivity contribution is 7.71. The number of aromatic nitrogens is 3. The number of benzene rings is 1. The standard InChI is InChI=1S/C12H13N3OS/c1-8(2)16-11-13-10(14-12(17)15-11)9-6-4-3-5-7-9/h3-8H,1-2H3,(H,13,14,15,17). The van der Waals surface area contributed by atoms with Gasteiger partial charge in [0.15, 0.2) is 0 Å². The maximum atomic E-state index is 5.48. The average Bonchev–Trinajstić information content (AvgIpc) is 2.28. The van der Waals surface area contributed by atoms with E-state index in [0.717, 1.165) is 5.56 Å². The second-order valence-electron chi connectivity index (χ2n) is 3.82. The Labute approximate surface area is 105 Å². The van der Waals surface area contributed by atoms with Gasteiger partial charge in [0, 0.05) is 5.56 Å². The fourth-order valence-corrected chi connectivity index (χ4v) is 1.55. The summed E-state index contributed by atoms with van der Waals surface area (Å²) in [6.07, 6.45) is 0.0409. The molecule has 0 amide bonds. The molecule has 5 heteroatoms. The molecule has 1 N–H and O–H groups in total. The molecule has 88 valence electrons. The second kappa shape index (κ2) is 5.05. The van der Waals surface area contributed by atoms with Gasteiger partial charge in [-0.3, -0.25) is 4.98 Å². The first-order valence-electron chi connectivity index (χ1n) is 5.35. The molecule has 0 spiro atoms. The van der Waals surface area contributed by atoms with Crippen LogP contribution in [-0.4, -0.2) is 21.1 Å². The molecule has 2 aromatic rings. The Morgan fingerprint density at radius 2 is 1.88 bits per heavy atom. The molecule has 4 nitrogen and oxygen atoms in total. The van der Waals surface area contributed by atoms with Crippen molar-refractivity contribution in [3.8, 4) is 17.4 Å². The summed E-state index contributed by atoms with van der Waals surface area (Å²) in [5, 5.41) is 0. The van der Waals surface area contributed by atoms with E-state index in [1.54, 1.807) is 0 Å². The maximum Gasteiger partial charge on any atom is 0.298 e. The number of hydrogen-bond donors (Lipinski definition) is 1. The molecular weight excluding hydrogens is 234 g/mol. The van der Waals surface area contributed by atoms with Gasteiger partial charge in [-0.1, -0.05) is 30.3 Å². The summed E-state index contributed by atoms with van der Waals surface area (Å²) in [6, 6.07) is 10.1. The van der Waals surface area contributed by atoms with Gasteiger partial charge in [-0.15, -0.1) is 0 Å². The monoisotopic (exact) mass is 247 g/mol. The number of nitrogens with zero attached hydrogens (tertiary/aromatic N) is 2. The first-order chi connectivity index (χ1) is 8.15. The van der Waals surface area contributed by atoms with Crippen molar-refractivity contribution in [2.75, 3.05) is 0 Å². The Morgan fingerprint density at radius 1 is 1.18 bits per heavy atom. The predicted octanol–water partition coefficient (Wildman–Crippen LogP) is 2.99. The summed E-state index contributed by atoms with van der Waals surface area (Å²) in [7, 11) is 0. The smallest absolute Gasteiger partial charge is 0.298 e. The van der Waals surface area contributed by atoms with Crippen molar-refractivity contribution >= 4 is 12.2 Å². The van der Waals surface area contributed by atoms with Gasteiger partial charge >= 0.3 is 0 Å². The average molecular weight is 247 g/mol. The molecule has 0 aliphatic carbocycles. The molecular formula is C12H13N3OS. The minimum Gasteiger partial charge on any atom is -0.462 e. The molecule has 0 saturated carbocycles. The normalized spacial score (nSPS) is 10.5. The summed E-state index contributed by atoms with van der Waals surface area (Å²) >= 11 is 5.02. The van der Waals surface area contributed by atoms with E-state index >= 15 is 0 Å². The molecule has 17 heavy (non-hydrogen) atoms. The Kier molecular flexibility index (Phi) is 3.49. The van der Waals surface area contributed by atoms with Crippen LogP contribution in [0, 0.1) is 4.77 Å². The summed E-state index contributed by atoms with van der Waals surface area (Å²) in [6.45, 7) is 3.86. The van der Waals surface area contributed by atoms with Gasteiger partial charge in [0.05, 0.1) is 6.10 Å². The van der Waals surface area contributed by atoms with Crippen molar-refractivity contribution < 1.29 is 4.74 Å². The van der Waals surface area contributed by atoms with Crippen LogP contribution in [0.1, 0.15) is 13.8 Å². The van der Waals surface area contributed by atoms with Crippen LogP contribution in [0.3, 0.4) is 0 Å². The molecule has 0 aliphatic rings. The van der Waals surface area contributed by atoms with Crippen LogP contribution in [0.5, 0.6) is 6.01 Å². The lowest BCUT2D eigenvalue weighted by molar-refractivity contribution is 0.221. The van der Waals surface area contributed by atoms with E-state index < -0.39 is 0 Å². The van der Waals surface area contributed by atoms with Crippen LogP contribution in [0.25, 0.3) is 11.4 Å². The van der Waals surface area contributed by atoms with Crippen molar-refractivity contribution in [3.63, 3.8) is 0 Å². The van der Waals surface area contributed by atoms with Crippen LogP contribution in [0.2, 0.25) is 0 Å². The number of hydrogen-bond acceptors (Lipinski definition) is 4. The zero-order valence-electron chi connectivity index (χ0n) is 9.68. The zero-order valence-corrected chi connectivity index (χ0v) is 10.5. The molecule has 1 aromatic heterocycles. The van der Waals surface area contributed by atoms with E-state index in [0.29, 0.717) is 11.8 Å². The number of H-pyrrole nitrogens is 1. The van der Waals surface area contributed by atoms with Gasteiger partial charge in [-0.2, -0.15) is 4.98 Å². The highest BCUT2D eigenvalue weighted by Crippen LogP contribution is 2.15. The third-order valence-corrected chi connectivity index (χ3v) is 2.21. The van der Waals surface area contributed by atoms with Gasteiger partial charge in [0.25, 0.3) is 6.01 Å². The molecule has 1 heterocycles. The van der Waals surface area contributed by atoms with Crippen LogP contribution < -0.4 is 4.74 Å². The predicted molar refractivity (Wildman–Crippen MR) is 68.4 cm³/mol. The third kappa shape index (κ3) is 3.10. The SMILES string of the molecule is CC(C)Oc1nc(=S)nc(-c2ccccc2)[nH]1. The lowest BCUT2D eigenvalue weighted by atomic mass is 10.2. The van der Waals surface area contributed by atoms with Crippen molar-refractivity contribution in [2.24, 2.45) is 0 Å². The lowest BCUT2D eigenvalue weighted by Crippen LogP contribution is -2.09. The Morgan fingerprint density at radius 3 is 2.53 bits per heavy atom. The molecule has 0 bridgehead atoms. The molecule has 0 aliphatic heterocycles.